The molecular weight excluding hydrogens is 242 g/mol. The van der Waals surface area contributed by atoms with Gasteiger partial charge in [-0.1, -0.05) is 13.8 Å². The first kappa shape index (κ1) is 14.0. The quantitative estimate of drug-likeness (QED) is 0.651. The summed E-state index contributed by atoms with van der Waals surface area (Å²) in [6.45, 7) is 6.78. The Kier molecular flexibility index (Phi) is 4.76. The zero-order chi connectivity index (χ0) is 13.1. The van der Waals surface area contributed by atoms with E-state index in [9.17, 15) is 0 Å². The highest BCUT2D eigenvalue weighted by atomic mass is 32.1. The molecule has 102 valence electrons. The normalized spacial score (nSPS) is 30.3. The highest BCUT2D eigenvalue weighted by Crippen LogP contribution is 2.35. The van der Waals surface area contributed by atoms with Crippen LogP contribution in [0, 0.1) is 24.7 Å². The van der Waals surface area contributed by atoms with Crippen LogP contribution in [-0.4, -0.2) is 11.0 Å². The van der Waals surface area contributed by atoms with E-state index < -0.39 is 0 Å². The monoisotopic (exact) mass is 267 g/mol. The third-order valence-electron chi connectivity index (χ3n) is 4.06. The molecule has 0 aromatic carbocycles. The summed E-state index contributed by atoms with van der Waals surface area (Å²) < 4.78 is 0. The average molecular weight is 267 g/mol. The van der Waals surface area contributed by atoms with Crippen LogP contribution in [0.25, 0.3) is 0 Å². The summed E-state index contributed by atoms with van der Waals surface area (Å²) in [6, 6.07) is 0.376. The fourth-order valence-corrected chi connectivity index (χ4v) is 4.22. The molecule has 0 aliphatic heterocycles. The number of hydrazine groups is 1. The lowest BCUT2D eigenvalue weighted by molar-refractivity contribution is 0.175. The molecule has 1 aliphatic rings. The van der Waals surface area contributed by atoms with Crippen LogP contribution in [0.5, 0.6) is 0 Å². The summed E-state index contributed by atoms with van der Waals surface area (Å²) in [5.74, 6) is 8.12. The van der Waals surface area contributed by atoms with E-state index in [4.69, 9.17) is 5.84 Å². The summed E-state index contributed by atoms with van der Waals surface area (Å²) in [7, 11) is 0. The zero-order valence-electron chi connectivity index (χ0n) is 11.6. The van der Waals surface area contributed by atoms with E-state index >= 15 is 0 Å². The molecule has 0 spiro atoms. The maximum Gasteiger partial charge on any atom is 0.0944 e. The van der Waals surface area contributed by atoms with E-state index in [0.29, 0.717) is 12.0 Å². The van der Waals surface area contributed by atoms with Gasteiger partial charge in [-0.05, 0) is 43.9 Å². The van der Waals surface area contributed by atoms with E-state index in [0.717, 1.165) is 24.0 Å². The second-order valence-corrected chi connectivity index (χ2v) is 6.98. The molecule has 18 heavy (non-hydrogen) atoms. The molecule has 1 aromatic rings. The number of hydrogen-bond acceptors (Lipinski definition) is 4. The minimum absolute atomic E-state index is 0.376. The molecule has 1 aliphatic carbocycles. The Balaban J connectivity index is 1.99. The Labute approximate surface area is 114 Å². The summed E-state index contributed by atoms with van der Waals surface area (Å²) in [5.41, 5.74) is 4.16. The highest BCUT2D eigenvalue weighted by molar-refractivity contribution is 7.09. The van der Waals surface area contributed by atoms with Gasteiger partial charge in [-0.25, -0.2) is 4.98 Å². The van der Waals surface area contributed by atoms with Crippen LogP contribution in [0.2, 0.25) is 0 Å². The van der Waals surface area contributed by atoms with E-state index in [1.807, 2.05) is 0 Å². The minimum atomic E-state index is 0.376. The Morgan fingerprint density at radius 1 is 1.39 bits per heavy atom. The fraction of sp³-hybridized carbons (Fsp3) is 0.786. The third-order valence-corrected chi connectivity index (χ3v) is 5.05. The van der Waals surface area contributed by atoms with E-state index in [1.165, 1.54) is 24.3 Å². The average Bonchev–Trinajstić information content (AvgIpc) is 2.70. The summed E-state index contributed by atoms with van der Waals surface area (Å²) in [5, 5.41) is 3.33. The van der Waals surface area contributed by atoms with Gasteiger partial charge in [0, 0.05) is 23.5 Å². The first-order valence-electron chi connectivity index (χ1n) is 6.95. The maximum atomic E-state index is 5.78. The predicted octanol–water partition coefficient (Wildman–Crippen LogP) is 2.90. The molecule has 3 unspecified atom stereocenters. The second kappa shape index (κ2) is 6.13. The minimum Gasteiger partial charge on any atom is -0.271 e. The van der Waals surface area contributed by atoms with Gasteiger partial charge in [0.1, 0.15) is 0 Å². The van der Waals surface area contributed by atoms with Crippen molar-refractivity contribution in [3.63, 3.8) is 0 Å². The lowest BCUT2D eigenvalue weighted by Gasteiger charge is -2.36. The molecule has 4 heteroatoms. The van der Waals surface area contributed by atoms with Crippen molar-refractivity contribution in [2.45, 2.75) is 52.5 Å². The molecule has 0 radical (unpaired) electrons. The van der Waals surface area contributed by atoms with Crippen molar-refractivity contribution in [1.82, 2.24) is 10.4 Å². The number of nitrogens with two attached hydrogens (primary N) is 1. The van der Waals surface area contributed by atoms with Crippen LogP contribution >= 0.6 is 11.3 Å². The lowest BCUT2D eigenvalue weighted by Crippen LogP contribution is -2.44. The maximum absolute atomic E-state index is 5.78. The van der Waals surface area contributed by atoms with Gasteiger partial charge in [0.15, 0.2) is 0 Å². The van der Waals surface area contributed by atoms with Crippen molar-refractivity contribution in [1.29, 1.82) is 0 Å². The molecule has 1 aromatic heterocycles. The topological polar surface area (TPSA) is 50.9 Å². The lowest BCUT2D eigenvalue weighted by atomic mass is 9.73. The van der Waals surface area contributed by atoms with Crippen LogP contribution in [-0.2, 0) is 6.42 Å². The SMILES string of the molecule is Cc1csc(CC(NN)C2CC(C)CC(C)C2)n1. The number of hydrogen-bond donors (Lipinski definition) is 2. The molecule has 0 saturated heterocycles. The van der Waals surface area contributed by atoms with Crippen LogP contribution < -0.4 is 11.3 Å². The smallest absolute Gasteiger partial charge is 0.0944 e. The van der Waals surface area contributed by atoms with E-state index in [-0.39, 0.29) is 0 Å². The second-order valence-electron chi connectivity index (χ2n) is 6.04. The summed E-state index contributed by atoms with van der Waals surface area (Å²) >= 11 is 1.75. The van der Waals surface area contributed by atoms with Gasteiger partial charge < -0.3 is 0 Å². The molecule has 1 saturated carbocycles. The van der Waals surface area contributed by atoms with Crippen molar-refractivity contribution in [2.75, 3.05) is 0 Å². The van der Waals surface area contributed by atoms with Crippen molar-refractivity contribution >= 4 is 11.3 Å². The molecule has 1 heterocycles. The largest absolute Gasteiger partial charge is 0.271 e. The van der Waals surface area contributed by atoms with E-state index in [2.05, 4.69) is 36.6 Å². The first-order chi connectivity index (χ1) is 8.58. The molecule has 3 N–H and O–H groups in total. The van der Waals surface area contributed by atoms with Crippen molar-refractivity contribution in [2.24, 2.45) is 23.6 Å². The molecule has 1 fully saturated rings. The molecular formula is C14H25N3S. The summed E-state index contributed by atoms with van der Waals surface area (Å²) in [4.78, 5) is 4.55. The number of rotatable bonds is 4. The number of nitrogens with zero attached hydrogens (tertiary/aromatic N) is 1. The highest BCUT2D eigenvalue weighted by Gasteiger charge is 2.30. The molecule has 3 nitrogen and oxygen atoms in total. The fourth-order valence-electron chi connectivity index (χ4n) is 3.38. The number of aromatic nitrogens is 1. The Hall–Kier alpha value is -0.450. The molecule has 0 bridgehead atoms. The zero-order valence-corrected chi connectivity index (χ0v) is 12.5. The third kappa shape index (κ3) is 3.53. The number of thiazole rings is 1. The molecule has 3 atom stereocenters. The molecule has 2 rings (SSSR count). The molecule has 0 amide bonds. The van der Waals surface area contributed by atoms with Crippen LogP contribution in [0.3, 0.4) is 0 Å². The standard InChI is InChI=1S/C14H25N3S/c1-9-4-10(2)6-12(5-9)13(17-15)7-14-16-11(3)8-18-14/h8-10,12-13,17H,4-7,15H2,1-3H3. The van der Waals surface area contributed by atoms with Crippen LogP contribution in [0.15, 0.2) is 5.38 Å². The Morgan fingerprint density at radius 2 is 2.06 bits per heavy atom. The van der Waals surface area contributed by atoms with Gasteiger partial charge in [-0.3, -0.25) is 11.3 Å². The Morgan fingerprint density at radius 3 is 2.56 bits per heavy atom. The Bertz CT molecular complexity index is 367. The van der Waals surface area contributed by atoms with Crippen molar-refractivity contribution in [3.8, 4) is 0 Å². The van der Waals surface area contributed by atoms with Gasteiger partial charge in [-0.15, -0.1) is 11.3 Å². The van der Waals surface area contributed by atoms with Gasteiger partial charge in [0.05, 0.1) is 5.01 Å². The van der Waals surface area contributed by atoms with Crippen molar-refractivity contribution < 1.29 is 0 Å². The van der Waals surface area contributed by atoms with Gasteiger partial charge in [0.25, 0.3) is 0 Å². The van der Waals surface area contributed by atoms with Gasteiger partial charge in [0.2, 0.25) is 0 Å². The number of aryl methyl sites for hydroxylation is 1. The number of nitrogens with one attached hydrogen (secondary N) is 1. The van der Waals surface area contributed by atoms with Crippen LogP contribution in [0.1, 0.15) is 43.8 Å². The predicted molar refractivity (Wildman–Crippen MR) is 77.3 cm³/mol. The van der Waals surface area contributed by atoms with Crippen molar-refractivity contribution in [3.05, 3.63) is 16.1 Å². The van der Waals surface area contributed by atoms with E-state index in [1.54, 1.807) is 11.3 Å². The first-order valence-corrected chi connectivity index (χ1v) is 7.83. The van der Waals surface area contributed by atoms with Gasteiger partial charge >= 0.3 is 0 Å². The van der Waals surface area contributed by atoms with Crippen LogP contribution in [0.4, 0.5) is 0 Å². The summed E-state index contributed by atoms with van der Waals surface area (Å²) in [6.07, 6.45) is 4.93. The van der Waals surface area contributed by atoms with Gasteiger partial charge in [-0.2, -0.15) is 0 Å².